The van der Waals surface area contributed by atoms with Crippen molar-refractivity contribution >= 4 is 27.1 Å². The minimum absolute atomic E-state index is 0.0467. The number of unbranched alkanes of at least 4 members (excludes halogenated alkanes) is 4. The first-order valence-electron chi connectivity index (χ1n) is 8.62. The standard InChI is InChI=1S/C17H35O4S2/c1-6-7-8-9-12-16(18)15-22(5)21-23(19,20)14-11-10-13-17(2,3)4/h6-15H2,1-5H3/q+1. The zero-order chi connectivity index (χ0) is 17.9. The van der Waals surface area contributed by atoms with Gasteiger partial charge < -0.3 is 0 Å². The first-order valence-corrected chi connectivity index (χ1v) is 11.9. The van der Waals surface area contributed by atoms with Crippen LogP contribution in [0, 0.1) is 5.41 Å². The third kappa shape index (κ3) is 15.2. The molecule has 138 valence electrons. The Morgan fingerprint density at radius 3 is 2.26 bits per heavy atom. The van der Waals surface area contributed by atoms with E-state index in [1.54, 1.807) is 6.26 Å². The molecule has 0 N–H and O–H groups in total. The molecule has 23 heavy (non-hydrogen) atoms. The van der Waals surface area contributed by atoms with Crippen LogP contribution in [0.25, 0.3) is 0 Å². The molecule has 0 rings (SSSR count). The Hall–Kier alpha value is -0.0700. The van der Waals surface area contributed by atoms with Crippen molar-refractivity contribution in [1.29, 1.82) is 0 Å². The predicted molar refractivity (Wildman–Crippen MR) is 100 cm³/mol. The van der Waals surface area contributed by atoms with Gasteiger partial charge in [0.25, 0.3) is 0 Å². The smallest absolute Gasteiger partial charge is 0.294 e. The third-order valence-electron chi connectivity index (χ3n) is 3.46. The highest BCUT2D eigenvalue weighted by Gasteiger charge is 2.27. The van der Waals surface area contributed by atoms with Crippen LogP contribution < -0.4 is 0 Å². The van der Waals surface area contributed by atoms with E-state index in [1.165, 1.54) is 0 Å². The normalized spacial score (nSPS) is 14.0. The average molecular weight is 368 g/mol. The molecule has 0 aromatic heterocycles. The lowest BCUT2D eigenvalue weighted by atomic mass is 9.90. The van der Waals surface area contributed by atoms with E-state index < -0.39 is 21.3 Å². The second-order valence-corrected chi connectivity index (χ2v) is 10.9. The highest BCUT2D eigenvalue weighted by atomic mass is 32.3. The molecule has 4 nitrogen and oxygen atoms in total. The van der Waals surface area contributed by atoms with Gasteiger partial charge >= 0.3 is 10.1 Å². The summed E-state index contributed by atoms with van der Waals surface area (Å²) in [6, 6.07) is 0. The molecule has 0 spiro atoms. The van der Waals surface area contributed by atoms with Crippen LogP contribution in [0.15, 0.2) is 0 Å². The van der Waals surface area contributed by atoms with Crippen LogP contribution in [-0.4, -0.2) is 32.0 Å². The van der Waals surface area contributed by atoms with E-state index in [4.69, 9.17) is 3.63 Å². The third-order valence-corrected chi connectivity index (χ3v) is 6.74. The summed E-state index contributed by atoms with van der Waals surface area (Å²) in [5, 5.41) is 0. The van der Waals surface area contributed by atoms with Gasteiger partial charge in [-0.2, -0.15) is 8.42 Å². The molecule has 0 radical (unpaired) electrons. The van der Waals surface area contributed by atoms with Crippen molar-refractivity contribution in [2.45, 2.75) is 79.1 Å². The van der Waals surface area contributed by atoms with Gasteiger partial charge in [-0.1, -0.05) is 53.4 Å². The first kappa shape index (κ1) is 22.9. The zero-order valence-corrected chi connectivity index (χ0v) is 17.2. The van der Waals surface area contributed by atoms with Crippen LogP contribution in [0.2, 0.25) is 0 Å². The van der Waals surface area contributed by atoms with Gasteiger partial charge in [0, 0.05) is 6.42 Å². The van der Waals surface area contributed by atoms with E-state index in [-0.39, 0.29) is 22.7 Å². The Bertz CT molecular complexity index is 424. The summed E-state index contributed by atoms with van der Waals surface area (Å²) in [5.41, 5.74) is 0.226. The fraction of sp³-hybridized carbons (Fsp3) is 0.941. The van der Waals surface area contributed by atoms with E-state index in [0.29, 0.717) is 12.8 Å². The summed E-state index contributed by atoms with van der Waals surface area (Å²) in [7, 11) is -3.51. The van der Waals surface area contributed by atoms with Crippen LogP contribution >= 0.6 is 0 Å². The summed E-state index contributed by atoms with van der Waals surface area (Å²) in [4.78, 5) is 11.8. The number of hydrogen-bond acceptors (Lipinski definition) is 4. The Balaban J connectivity index is 3.97. The van der Waals surface area contributed by atoms with Crippen LogP contribution in [-0.2, 0) is 29.7 Å². The lowest BCUT2D eigenvalue weighted by Crippen LogP contribution is -2.22. The van der Waals surface area contributed by atoms with Crippen molar-refractivity contribution in [2.24, 2.45) is 5.41 Å². The van der Waals surface area contributed by atoms with Gasteiger partial charge in [0.1, 0.15) is 6.26 Å². The molecule has 0 aliphatic heterocycles. The first-order chi connectivity index (χ1) is 10.6. The number of hydrogen-bond donors (Lipinski definition) is 0. The largest absolute Gasteiger partial charge is 0.311 e. The van der Waals surface area contributed by atoms with Crippen molar-refractivity contribution in [1.82, 2.24) is 0 Å². The molecular formula is C17H35O4S2+. The van der Waals surface area contributed by atoms with Gasteiger partial charge in [-0.25, -0.2) is 0 Å². The number of carbonyl (C=O) groups is 1. The molecule has 1 unspecified atom stereocenters. The topological polar surface area (TPSA) is 60.4 Å². The van der Waals surface area contributed by atoms with Crippen LogP contribution in [0.1, 0.15) is 79.1 Å². The monoisotopic (exact) mass is 367 g/mol. The highest BCUT2D eigenvalue weighted by Crippen LogP contribution is 2.22. The van der Waals surface area contributed by atoms with Gasteiger partial charge in [-0.05, 0) is 28.3 Å². The maximum absolute atomic E-state index is 11.9. The van der Waals surface area contributed by atoms with Gasteiger partial charge in [-0.3, -0.25) is 4.79 Å². The lowest BCUT2D eigenvalue weighted by Gasteiger charge is -2.17. The highest BCUT2D eigenvalue weighted by molar-refractivity contribution is 8.02. The number of carbonyl (C=O) groups excluding carboxylic acids is 1. The van der Waals surface area contributed by atoms with Crippen LogP contribution in [0.4, 0.5) is 0 Å². The minimum atomic E-state index is -3.51. The molecule has 0 heterocycles. The SMILES string of the molecule is CCCCCCC(=O)C[S+](C)OS(=O)(=O)CCCCC(C)(C)C. The average Bonchev–Trinajstić information content (AvgIpc) is 2.38. The van der Waals surface area contributed by atoms with E-state index >= 15 is 0 Å². The van der Waals surface area contributed by atoms with Crippen molar-refractivity contribution < 1.29 is 16.8 Å². The van der Waals surface area contributed by atoms with Crippen LogP contribution in [0.5, 0.6) is 0 Å². The van der Waals surface area contributed by atoms with Gasteiger partial charge in [0.2, 0.25) is 0 Å². The molecule has 0 aromatic rings. The quantitative estimate of drug-likeness (QED) is 0.361. The van der Waals surface area contributed by atoms with Crippen molar-refractivity contribution in [2.75, 3.05) is 17.8 Å². The second-order valence-electron chi connectivity index (χ2n) is 7.41. The fourth-order valence-corrected chi connectivity index (χ4v) is 5.25. The van der Waals surface area contributed by atoms with E-state index in [2.05, 4.69) is 27.7 Å². The van der Waals surface area contributed by atoms with Gasteiger partial charge in [0.15, 0.2) is 22.7 Å². The van der Waals surface area contributed by atoms with Crippen molar-refractivity contribution in [3.63, 3.8) is 0 Å². The molecule has 6 heteroatoms. The predicted octanol–water partition coefficient (Wildman–Crippen LogP) is 4.25. The molecule has 0 saturated carbocycles. The second kappa shape index (κ2) is 11.5. The van der Waals surface area contributed by atoms with Gasteiger partial charge in [-0.15, -0.1) is 0 Å². The van der Waals surface area contributed by atoms with E-state index in [1.807, 2.05) is 0 Å². The fourth-order valence-electron chi connectivity index (χ4n) is 2.22. The van der Waals surface area contributed by atoms with Crippen molar-refractivity contribution in [3.8, 4) is 0 Å². The van der Waals surface area contributed by atoms with E-state index in [0.717, 1.165) is 38.5 Å². The number of ketones is 1. The Kier molecular flexibility index (Phi) is 11.4. The molecule has 0 aliphatic carbocycles. The summed E-state index contributed by atoms with van der Waals surface area (Å²) in [6.07, 6.45) is 8.95. The Morgan fingerprint density at radius 2 is 1.70 bits per heavy atom. The molecule has 0 bridgehead atoms. The Morgan fingerprint density at radius 1 is 1.04 bits per heavy atom. The molecule has 0 aromatic carbocycles. The summed E-state index contributed by atoms with van der Waals surface area (Å²) in [5.74, 6) is 0.369. The molecule has 1 atom stereocenters. The molecule has 0 fully saturated rings. The van der Waals surface area contributed by atoms with Gasteiger partial charge in [0.05, 0.1) is 5.75 Å². The zero-order valence-electron chi connectivity index (χ0n) is 15.5. The minimum Gasteiger partial charge on any atom is -0.294 e. The van der Waals surface area contributed by atoms with Crippen LogP contribution in [0.3, 0.4) is 0 Å². The molecular weight excluding hydrogens is 332 g/mol. The lowest BCUT2D eigenvalue weighted by molar-refractivity contribution is -0.116. The number of rotatable bonds is 13. The molecule has 0 amide bonds. The molecule has 0 aliphatic rings. The maximum Gasteiger partial charge on any atom is 0.311 e. The number of Topliss-reactive ketones (excluding diaryl/α,β-unsaturated/α-hetero) is 1. The molecule has 0 saturated heterocycles. The van der Waals surface area contributed by atoms with E-state index in [9.17, 15) is 13.2 Å². The summed E-state index contributed by atoms with van der Waals surface area (Å²) < 4.78 is 29.0. The summed E-state index contributed by atoms with van der Waals surface area (Å²) in [6.45, 7) is 8.57. The summed E-state index contributed by atoms with van der Waals surface area (Å²) >= 11 is -0.837. The Labute approximate surface area is 146 Å². The van der Waals surface area contributed by atoms with Crippen molar-refractivity contribution in [3.05, 3.63) is 0 Å². The maximum atomic E-state index is 11.9.